The Labute approximate surface area is 200 Å². The first-order chi connectivity index (χ1) is 16.7. The number of aromatic carboxylic acids is 1. The summed E-state index contributed by atoms with van der Waals surface area (Å²) in [6, 6.07) is 13.1. The van der Waals surface area contributed by atoms with Gasteiger partial charge in [-0.3, -0.25) is 4.79 Å². The third kappa shape index (κ3) is 3.79. The van der Waals surface area contributed by atoms with Gasteiger partial charge in [0.15, 0.2) is 0 Å². The molecule has 0 aliphatic carbocycles. The highest BCUT2D eigenvalue weighted by Crippen LogP contribution is 2.34. The van der Waals surface area contributed by atoms with Crippen molar-refractivity contribution in [3.05, 3.63) is 92.7 Å². The van der Waals surface area contributed by atoms with Crippen molar-refractivity contribution in [2.24, 2.45) is 0 Å². The number of benzene rings is 3. The van der Waals surface area contributed by atoms with E-state index in [-0.39, 0.29) is 38.8 Å². The zero-order valence-corrected chi connectivity index (χ0v) is 18.6. The van der Waals surface area contributed by atoms with E-state index in [0.717, 1.165) is 10.7 Å². The summed E-state index contributed by atoms with van der Waals surface area (Å²) >= 11 is 6.31. The first kappa shape index (κ1) is 22.2. The predicted molar refractivity (Wildman–Crippen MR) is 124 cm³/mol. The van der Waals surface area contributed by atoms with Gasteiger partial charge in [-0.15, -0.1) is 5.10 Å². The maximum atomic E-state index is 15.0. The quantitative estimate of drug-likeness (QED) is 0.376. The lowest BCUT2D eigenvalue weighted by atomic mass is 10.0. The SMILES string of the molecule is Cc1cccc(Cl)c1C(=O)n1nc(-c2ccc(C(=O)O)cc2F)c2ccc(-c3n[nH]c(=O)o3)cc21. The fourth-order valence-electron chi connectivity index (χ4n) is 3.80. The highest BCUT2D eigenvalue weighted by Gasteiger charge is 2.24. The second-order valence-electron chi connectivity index (χ2n) is 7.65. The van der Waals surface area contributed by atoms with Crippen molar-refractivity contribution < 1.29 is 23.5 Å². The minimum atomic E-state index is -1.28. The van der Waals surface area contributed by atoms with Crippen LogP contribution in [0.1, 0.15) is 26.3 Å². The number of carbonyl (C=O) groups excluding carboxylic acids is 1. The summed E-state index contributed by atoms with van der Waals surface area (Å²) in [4.78, 5) is 36.2. The lowest BCUT2D eigenvalue weighted by Crippen LogP contribution is -2.15. The first-order valence-corrected chi connectivity index (χ1v) is 10.5. The number of halogens is 2. The van der Waals surface area contributed by atoms with Crippen LogP contribution in [0.2, 0.25) is 5.02 Å². The van der Waals surface area contributed by atoms with E-state index in [1.54, 1.807) is 37.3 Å². The Morgan fingerprint density at radius 1 is 1.14 bits per heavy atom. The monoisotopic (exact) mass is 492 g/mol. The number of aryl methyl sites for hydroxylation is 1. The number of aromatic nitrogens is 4. The summed E-state index contributed by atoms with van der Waals surface area (Å²) in [6.45, 7) is 1.72. The minimum Gasteiger partial charge on any atom is -0.478 e. The molecule has 5 aromatic rings. The zero-order valence-electron chi connectivity index (χ0n) is 17.9. The summed E-state index contributed by atoms with van der Waals surface area (Å²) < 4.78 is 21.0. The number of rotatable bonds is 4. The molecule has 0 aliphatic rings. The van der Waals surface area contributed by atoms with Gasteiger partial charge in [0.25, 0.3) is 5.91 Å². The lowest BCUT2D eigenvalue weighted by Gasteiger charge is -2.08. The molecule has 0 bridgehead atoms. The fraction of sp³-hybridized carbons (Fsp3) is 0.0417. The van der Waals surface area contributed by atoms with Crippen molar-refractivity contribution in [2.75, 3.05) is 0 Å². The average Bonchev–Trinajstić information content (AvgIpc) is 3.42. The molecule has 0 fully saturated rings. The minimum absolute atomic E-state index is 0.00137. The molecule has 0 saturated carbocycles. The van der Waals surface area contributed by atoms with E-state index in [2.05, 4.69) is 15.3 Å². The third-order valence-corrected chi connectivity index (χ3v) is 5.78. The molecule has 11 heteroatoms. The smallest absolute Gasteiger partial charge is 0.434 e. The Morgan fingerprint density at radius 3 is 2.60 bits per heavy atom. The summed E-state index contributed by atoms with van der Waals surface area (Å²) in [5.41, 5.74) is 1.35. The zero-order chi connectivity index (χ0) is 24.9. The van der Waals surface area contributed by atoms with E-state index < -0.39 is 23.4 Å². The molecular weight excluding hydrogens is 479 g/mol. The topological polar surface area (TPSA) is 131 Å². The normalized spacial score (nSPS) is 11.2. The van der Waals surface area contributed by atoms with Crippen LogP contribution in [-0.2, 0) is 0 Å². The maximum absolute atomic E-state index is 15.0. The van der Waals surface area contributed by atoms with E-state index >= 15 is 0 Å². The third-order valence-electron chi connectivity index (χ3n) is 5.47. The van der Waals surface area contributed by atoms with Crippen molar-refractivity contribution in [1.82, 2.24) is 20.0 Å². The fourth-order valence-corrected chi connectivity index (χ4v) is 4.11. The number of H-pyrrole nitrogens is 1. The first-order valence-electron chi connectivity index (χ1n) is 10.2. The van der Waals surface area contributed by atoms with Gasteiger partial charge in [0.2, 0.25) is 5.89 Å². The van der Waals surface area contributed by atoms with Crippen LogP contribution in [0.25, 0.3) is 33.6 Å². The van der Waals surface area contributed by atoms with Gasteiger partial charge in [-0.1, -0.05) is 23.7 Å². The molecule has 0 amide bonds. The molecular formula is C24H14ClFN4O5. The van der Waals surface area contributed by atoms with Gasteiger partial charge < -0.3 is 9.52 Å². The number of nitrogens with one attached hydrogen (secondary N) is 1. The molecule has 174 valence electrons. The summed E-state index contributed by atoms with van der Waals surface area (Å²) in [7, 11) is 0. The van der Waals surface area contributed by atoms with Gasteiger partial charge in [-0.2, -0.15) is 9.78 Å². The standard InChI is InChI=1S/C24H14ClFN4O5/c1-11-3-2-4-16(25)19(11)22(31)30-18-10-12(21-27-28-24(34)35-21)5-8-15(18)20(29-30)14-7-6-13(23(32)33)9-17(14)26/h2-10H,1H3,(H,28,34)(H,32,33). The molecule has 5 rings (SSSR count). The number of carboxylic acids is 1. The van der Waals surface area contributed by atoms with Gasteiger partial charge in [0, 0.05) is 16.5 Å². The molecule has 2 aromatic heterocycles. The van der Waals surface area contributed by atoms with Crippen LogP contribution < -0.4 is 5.76 Å². The number of carboxylic acid groups (broad SMARTS) is 1. The molecule has 9 nitrogen and oxygen atoms in total. The Balaban J connectivity index is 1.77. The second kappa shape index (κ2) is 8.33. The number of hydrogen-bond acceptors (Lipinski definition) is 6. The van der Waals surface area contributed by atoms with E-state index in [9.17, 15) is 18.8 Å². The molecule has 0 saturated heterocycles. The molecule has 0 radical (unpaired) electrons. The van der Waals surface area contributed by atoms with Crippen LogP contribution in [0.15, 0.2) is 63.8 Å². The highest BCUT2D eigenvalue weighted by atomic mass is 35.5. The summed E-state index contributed by atoms with van der Waals surface area (Å²) in [5.74, 6) is -3.42. The maximum Gasteiger partial charge on any atom is 0.434 e. The number of carbonyl (C=O) groups is 2. The predicted octanol–water partition coefficient (Wildman–Crippen LogP) is 4.53. The Morgan fingerprint density at radius 2 is 1.94 bits per heavy atom. The summed E-state index contributed by atoms with van der Waals surface area (Å²) in [6.07, 6.45) is 0. The summed E-state index contributed by atoms with van der Waals surface area (Å²) in [5, 5.41) is 20.1. The Kier molecular flexibility index (Phi) is 5.29. The average molecular weight is 493 g/mol. The van der Waals surface area contributed by atoms with E-state index in [1.165, 1.54) is 18.2 Å². The molecule has 0 unspecified atom stereocenters. The van der Waals surface area contributed by atoms with E-state index in [1.807, 2.05) is 0 Å². The molecule has 0 aliphatic heterocycles. The van der Waals surface area contributed by atoms with Crippen molar-refractivity contribution >= 4 is 34.4 Å². The highest BCUT2D eigenvalue weighted by molar-refractivity contribution is 6.34. The van der Waals surface area contributed by atoms with Crippen LogP contribution in [0.5, 0.6) is 0 Å². The largest absolute Gasteiger partial charge is 0.478 e. The molecule has 3 aromatic carbocycles. The van der Waals surface area contributed by atoms with Crippen LogP contribution in [0.3, 0.4) is 0 Å². The molecule has 35 heavy (non-hydrogen) atoms. The van der Waals surface area contributed by atoms with Gasteiger partial charge in [0.1, 0.15) is 11.5 Å². The number of nitrogens with zero attached hydrogens (tertiary/aromatic N) is 3. The number of aromatic amines is 1. The van der Waals surface area contributed by atoms with Crippen molar-refractivity contribution in [3.8, 4) is 22.7 Å². The van der Waals surface area contributed by atoms with Crippen molar-refractivity contribution in [2.45, 2.75) is 6.92 Å². The van der Waals surface area contributed by atoms with Crippen molar-refractivity contribution in [3.63, 3.8) is 0 Å². The van der Waals surface area contributed by atoms with Gasteiger partial charge in [-0.05, 0) is 55.0 Å². The molecule has 0 atom stereocenters. The Bertz CT molecular complexity index is 1700. The number of hydrogen-bond donors (Lipinski definition) is 2. The number of fused-ring (bicyclic) bond motifs is 1. The van der Waals surface area contributed by atoms with Crippen LogP contribution in [-0.4, -0.2) is 37.0 Å². The second-order valence-corrected chi connectivity index (χ2v) is 8.05. The molecule has 0 spiro atoms. The van der Waals surface area contributed by atoms with Crippen LogP contribution in [0.4, 0.5) is 4.39 Å². The van der Waals surface area contributed by atoms with Crippen molar-refractivity contribution in [1.29, 1.82) is 0 Å². The van der Waals surface area contributed by atoms with E-state index in [4.69, 9.17) is 21.1 Å². The molecule has 2 N–H and O–H groups in total. The van der Waals surface area contributed by atoms with E-state index in [0.29, 0.717) is 16.5 Å². The Hall–Kier alpha value is -4.57. The van der Waals surface area contributed by atoms with Gasteiger partial charge >= 0.3 is 11.7 Å². The lowest BCUT2D eigenvalue weighted by molar-refractivity contribution is 0.0696. The van der Waals surface area contributed by atoms with Gasteiger partial charge in [-0.25, -0.2) is 19.1 Å². The van der Waals surface area contributed by atoms with Gasteiger partial charge in [0.05, 0.1) is 21.7 Å². The van der Waals surface area contributed by atoms with Crippen LogP contribution >= 0.6 is 11.6 Å². The van der Waals surface area contributed by atoms with Crippen LogP contribution in [0, 0.1) is 12.7 Å². The molecule has 2 heterocycles.